The number of halogens is 1. The molecule has 5 nitrogen and oxygen atoms in total. The van der Waals surface area contributed by atoms with E-state index < -0.39 is 4.92 Å². The Kier molecular flexibility index (Phi) is 4.49. The second kappa shape index (κ2) is 6.12. The summed E-state index contributed by atoms with van der Waals surface area (Å²) in [5.74, 6) is 0. The quantitative estimate of drug-likeness (QED) is 0.647. The Labute approximate surface area is 123 Å². The van der Waals surface area contributed by atoms with Crippen molar-refractivity contribution in [3.63, 3.8) is 0 Å². The fourth-order valence-electron chi connectivity index (χ4n) is 1.67. The Bertz CT molecular complexity index is 574. The van der Waals surface area contributed by atoms with Gasteiger partial charge in [-0.1, -0.05) is 6.92 Å². The van der Waals surface area contributed by atoms with E-state index in [-0.39, 0.29) is 11.7 Å². The molecule has 2 rings (SSSR count). The lowest BCUT2D eigenvalue weighted by molar-refractivity contribution is -0.384. The fraction of sp³-hybridized carbons (Fsp3) is 0.250. The van der Waals surface area contributed by atoms with Crippen molar-refractivity contribution in [3.8, 4) is 0 Å². The number of nitro groups is 1. The second-order valence-corrected chi connectivity index (χ2v) is 5.68. The molecule has 100 valence electrons. The lowest BCUT2D eigenvalue weighted by Crippen LogP contribution is -2.09. The lowest BCUT2D eigenvalue weighted by atomic mass is 10.2. The predicted octanol–water partition coefficient (Wildman–Crippen LogP) is 4.38. The van der Waals surface area contributed by atoms with E-state index in [1.165, 1.54) is 12.1 Å². The summed E-state index contributed by atoms with van der Waals surface area (Å²) in [4.78, 5) is 14.6. The van der Waals surface area contributed by atoms with Crippen molar-refractivity contribution in [2.75, 3.05) is 5.32 Å². The van der Waals surface area contributed by atoms with Gasteiger partial charge in [0, 0.05) is 33.9 Å². The second-order valence-electron chi connectivity index (χ2n) is 3.90. The summed E-state index contributed by atoms with van der Waals surface area (Å²) in [7, 11) is 0. The van der Waals surface area contributed by atoms with E-state index in [1.807, 2.05) is 5.38 Å². The van der Waals surface area contributed by atoms with Crippen molar-refractivity contribution in [2.45, 2.75) is 19.4 Å². The third-order valence-electron chi connectivity index (χ3n) is 2.65. The van der Waals surface area contributed by atoms with Crippen LogP contribution in [0.25, 0.3) is 0 Å². The molecule has 19 heavy (non-hydrogen) atoms. The van der Waals surface area contributed by atoms with Gasteiger partial charge in [0.1, 0.15) is 5.01 Å². The van der Waals surface area contributed by atoms with Gasteiger partial charge in [0.25, 0.3) is 5.69 Å². The zero-order chi connectivity index (χ0) is 13.8. The van der Waals surface area contributed by atoms with Crippen LogP contribution in [0, 0.1) is 10.1 Å². The average Bonchev–Trinajstić information content (AvgIpc) is 2.91. The first-order valence-electron chi connectivity index (χ1n) is 5.71. The van der Waals surface area contributed by atoms with E-state index in [4.69, 9.17) is 0 Å². The molecule has 0 bridgehead atoms. The highest BCUT2D eigenvalue weighted by atomic mass is 79.9. The normalized spacial score (nSPS) is 12.1. The Hall–Kier alpha value is -1.47. The maximum absolute atomic E-state index is 10.7. The summed E-state index contributed by atoms with van der Waals surface area (Å²) in [6.45, 7) is 2.07. The standard InChI is InChI=1S/C12H12BrN3O2S/c1-2-10(12-14-5-6-19-12)15-11-4-3-8(16(17)18)7-9(11)13/h3-7,10,15H,2H2,1H3. The molecule has 1 heterocycles. The number of aromatic nitrogens is 1. The predicted molar refractivity (Wildman–Crippen MR) is 79.6 cm³/mol. The molecule has 0 aliphatic heterocycles. The summed E-state index contributed by atoms with van der Waals surface area (Å²) in [5.41, 5.74) is 0.896. The van der Waals surface area contributed by atoms with Crippen LogP contribution in [0.3, 0.4) is 0 Å². The maximum Gasteiger partial charge on any atom is 0.270 e. The van der Waals surface area contributed by atoms with Gasteiger partial charge in [0.05, 0.1) is 11.0 Å². The first-order valence-corrected chi connectivity index (χ1v) is 7.39. The van der Waals surface area contributed by atoms with Gasteiger partial charge in [-0.2, -0.15) is 0 Å². The minimum absolute atomic E-state index is 0.0692. The summed E-state index contributed by atoms with van der Waals surface area (Å²) < 4.78 is 0.678. The number of thiazole rings is 1. The van der Waals surface area contributed by atoms with Gasteiger partial charge in [-0.25, -0.2) is 4.98 Å². The van der Waals surface area contributed by atoms with Crippen LogP contribution in [-0.4, -0.2) is 9.91 Å². The van der Waals surface area contributed by atoms with E-state index >= 15 is 0 Å². The molecule has 0 saturated carbocycles. The number of anilines is 1. The smallest absolute Gasteiger partial charge is 0.270 e. The van der Waals surface area contributed by atoms with E-state index in [9.17, 15) is 10.1 Å². The van der Waals surface area contributed by atoms with Crippen LogP contribution in [-0.2, 0) is 0 Å². The molecule has 1 unspecified atom stereocenters. The van der Waals surface area contributed by atoms with Crippen molar-refractivity contribution in [3.05, 3.63) is 49.4 Å². The summed E-state index contributed by atoms with van der Waals surface area (Å²) in [6, 6.07) is 4.80. The maximum atomic E-state index is 10.7. The molecule has 1 aromatic carbocycles. The highest BCUT2D eigenvalue weighted by Gasteiger charge is 2.15. The molecule has 0 aliphatic carbocycles. The Morgan fingerprint density at radius 2 is 2.37 bits per heavy atom. The third-order valence-corrected chi connectivity index (χ3v) is 4.20. The molecule has 0 spiro atoms. The van der Waals surface area contributed by atoms with Crippen LogP contribution >= 0.6 is 27.3 Å². The van der Waals surface area contributed by atoms with Crippen molar-refractivity contribution < 1.29 is 4.92 Å². The molecule has 0 fully saturated rings. The number of benzene rings is 1. The molecule has 2 aromatic rings. The average molecular weight is 342 g/mol. The Morgan fingerprint density at radius 3 is 2.89 bits per heavy atom. The molecule has 0 amide bonds. The number of non-ortho nitro benzene ring substituents is 1. The number of hydrogen-bond acceptors (Lipinski definition) is 5. The first-order chi connectivity index (χ1) is 9.11. The highest BCUT2D eigenvalue weighted by Crippen LogP contribution is 2.31. The van der Waals surface area contributed by atoms with Gasteiger partial charge in [-0.3, -0.25) is 10.1 Å². The molecule has 0 radical (unpaired) electrons. The highest BCUT2D eigenvalue weighted by molar-refractivity contribution is 9.10. The summed E-state index contributed by atoms with van der Waals surface area (Å²) >= 11 is 4.94. The molecule has 1 atom stereocenters. The van der Waals surface area contributed by atoms with Gasteiger partial charge in [-0.05, 0) is 28.4 Å². The van der Waals surface area contributed by atoms with Gasteiger partial charge in [0.15, 0.2) is 0 Å². The van der Waals surface area contributed by atoms with E-state index in [1.54, 1.807) is 23.6 Å². The largest absolute Gasteiger partial charge is 0.375 e. The molecule has 0 saturated heterocycles. The number of rotatable bonds is 5. The van der Waals surface area contributed by atoms with E-state index in [0.717, 1.165) is 17.1 Å². The lowest BCUT2D eigenvalue weighted by Gasteiger charge is -2.16. The number of nitrogens with zero attached hydrogens (tertiary/aromatic N) is 2. The summed E-state index contributed by atoms with van der Waals surface area (Å²) in [5, 5.41) is 17.0. The molecular weight excluding hydrogens is 330 g/mol. The SMILES string of the molecule is CCC(Nc1ccc([N+](=O)[O-])cc1Br)c1nccs1. The topological polar surface area (TPSA) is 68.1 Å². The van der Waals surface area contributed by atoms with Gasteiger partial charge >= 0.3 is 0 Å². The van der Waals surface area contributed by atoms with Crippen LogP contribution in [0.1, 0.15) is 24.4 Å². The van der Waals surface area contributed by atoms with Crippen molar-refractivity contribution in [1.29, 1.82) is 0 Å². The van der Waals surface area contributed by atoms with E-state index in [0.29, 0.717) is 4.47 Å². The minimum Gasteiger partial charge on any atom is -0.375 e. The van der Waals surface area contributed by atoms with Crippen LogP contribution < -0.4 is 5.32 Å². The Balaban J connectivity index is 2.21. The number of hydrogen-bond donors (Lipinski definition) is 1. The molecular formula is C12H12BrN3O2S. The van der Waals surface area contributed by atoms with Gasteiger partial charge < -0.3 is 5.32 Å². The first kappa shape index (κ1) is 14.0. The van der Waals surface area contributed by atoms with Crippen LogP contribution in [0.15, 0.2) is 34.2 Å². The van der Waals surface area contributed by atoms with Crippen molar-refractivity contribution in [2.24, 2.45) is 0 Å². The molecule has 1 N–H and O–H groups in total. The number of nitrogens with one attached hydrogen (secondary N) is 1. The fourth-order valence-corrected chi connectivity index (χ4v) is 2.92. The van der Waals surface area contributed by atoms with Crippen LogP contribution in [0.5, 0.6) is 0 Å². The number of nitro benzene ring substituents is 1. The molecule has 0 aliphatic rings. The molecule has 7 heteroatoms. The zero-order valence-electron chi connectivity index (χ0n) is 10.2. The van der Waals surface area contributed by atoms with Crippen molar-refractivity contribution in [1.82, 2.24) is 4.98 Å². The Morgan fingerprint density at radius 1 is 1.58 bits per heavy atom. The zero-order valence-corrected chi connectivity index (χ0v) is 12.6. The minimum atomic E-state index is -0.410. The molecule has 1 aromatic heterocycles. The van der Waals surface area contributed by atoms with Crippen LogP contribution in [0.2, 0.25) is 0 Å². The third kappa shape index (κ3) is 3.30. The summed E-state index contributed by atoms with van der Waals surface area (Å²) in [6.07, 6.45) is 2.66. The van der Waals surface area contributed by atoms with Crippen LogP contribution in [0.4, 0.5) is 11.4 Å². The van der Waals surface area contributed by atoms with E-state index in [2.05, 4.69) is 33.2 Å². The monoisotopic (exact) mass is 341 g/mol. The van der Waals surface area contributed by atoms with Gasteiger partial charge in [-0.15, -0.1) is 11.3 Å². The van der Waals surface area contributed by atoms with Gasteiger partial charge in [0.2, 0.25) is 0 Å². The van der Waals surface area contributed by atoms with Crippen molar-refractivity contribution >= 4 is 38.6 Å².